The van der Waals surface area contributed by atoms with Crippen LogP contribution in [0.3, 0.4) is 0 Å². The van der Waals surface area contributed by atoms with Gasteiger partial charge in [-0.3, -0.25) is 10.1 Å². The highest BCUT2D eigenvalue weighted by atomic mass is 33.1. The maximum atomic E-state index is 11.8. The number of hydrogen-bond donors (Lipinski definition) is 1. The summed E-state index contributed by atoms with van der Waals surface area (Å²) in [5.41, 5.74) is 0.173. The van der Waals surface area contributed by atoms with Crippen LogP contribution in [0.5, 0.6) is 5.75 Å². The molecular weight excluding hydrogens is 456 g/mol. The lowest BCUT2D eigenvalue weighted by Crippen LogP contribution is -2.33. The molecule has 0 fully saturated rings. The van der Waals surface area contributed by atoms with Crippen LogP contribution in [0.1, 0.15) is 26.3 Å². The van der Waals surface area contributed by atoms with Crippen LogP contribution < -0.4 is 10.1 Å². The SMILES string of the molecule is CC(C)(C)OC(=O)NCCSSc1ccc(COC(=O)Oc2ccc([N+](=O)[O-])cc2)cc1. The van der Waals surface area contributed by atoms with Gasteiger partial charge in [-0.1, -0.05) is 33.7 Å². The second-order valence-corrected chi connectivity index (χ2v) is 9.86. The first-order chi connectivity index (χ1) is 15.1. The second-order valence-electron chi connectivity index (χ2n) is 7.37. The Kier molecular flexibility index (Phi) is 9.66. The van der Waals surface area contributed by atoms with Crippen LogP contribution in [-0.2, 0) is 16.1 Å². The van der Waals surface area contributed by atoms with Gasteiger partial charge in [0.25, 0.3) is 5.69 Å². The number of carbonyl (C=O) groups is 2. The topological polar surface area (TPSA) is 117 Å². The highest BCUT2D eigenvalue weighted by Gasteiger charge is 2.15. The number of nitrogens with zero attached hydrogens (tertiary/aromatic N) is 1. The molecule has 2 rings (SSSR count). The third kappa shape index (κ3) is 9.92. The lowest BCUT2D eigenvalue weighted by Gasteiger charge is -2.19. The smallest absolute Gasteiger partial charge is 0.444 e. The van der Waals surface area contributed by atoms with Crippen molar-refractivity contribution in [2.75, 3.05) is 12.3 Å². The van der Waals surface area contributed by atoms with E-state index in [9.17, 15) is 19.7 Å². The van der Waals surface area contributed by atoms with Gasteiger partial charge in [-0.05, 0) is 50.6 Å². The zero-order chi connectivity index (χ0) is 23.6. The molecule has 1 N–H and O–H groups in total. The second kappa shape index (κ2) is 12.2. The van der Waals surface area contributed by atoms with Crippen molar-refractivity contribution in [1.82, 2.24) is 5.32 Å². The summed E-state index contributed by atoms with van der Waals surface area (Å²) in [4.78, 5) is 34.4. The molecule has 11 heteroatoms. The third-order valence-electron chi connectivity index (χ3n) is 3.54. The van der Waals surface area contributed by atoms with Gasteiger partial charge in [0.1, 0.15) is 18.0 Å². The average molecular weight is 481 g/mol. The molecule has 0 aromatic heterocycles. The molecule has 1 amide bonds. The van der Waals surface area contributed by atoms with Crippen LogP contribution >= 0.6 is 21.6 Å². The van der Waals surface area contributed by atoms with E-state index in [4.69, 9.17) is 14.2 Å². The minimum Gasteiger partial charge on any atom is -0.444 e. The van der Waals surface area contributed by atoms with Gasteiger partial charge in [0.2, 0.25) is 0 Å². The van der Waals surface area contributed by atoms with Crippen molar-refractivity contribution in [1.29, 1.82) is 0 Å². The fourth-order valence-corrected chi connectivity index (χ4v) is 4.06. The minimum absolute atomic E-state index is 0.0315. The van der Waals surface area contributed by atoms with Gasteiger partial charge < -0.3 is 19.5 Å². The summed E-state index contributed by atoms with van der Waals surface area (Å²) in [6.07, 6.45) is -1.33. The first kappa shape index (κ1) is 25.3. The molecule has 0 atom stereocenters. The van der Waals surface area contributed by atoms with Gasteiger partial charge in [0.05, 0.1) is 4.92 Å². The Bertz CT molecular complexity index is 913. The number of benzene rings is 2. The molecule has 0 saturated heterocycles. The highest BCUT2D eigenvalue weighted by Crippen LogP contribution is 2.30. The first-order valence-electron chi connectivity index (χ1n) is 9.57. The van der Waals surface area contributed by atoms with E-state index >= 15 is 0 Å². The number of nitro benzene ring substituents is 1. The third-order valence-corrected chi connectivity index (χ3v) is 5.92. The zero-order valence-electron chi connectivity index (χ0n) is 17.9. The van der Waals surface area contributed by atoms with Gasteiger partial charge in [0, 0.05) is 29.3 Å². The monoisotopic (exact) mass is 480 g/mol. The number of non-ortho nitro benzene ring substituents is 1. The fourth-order valence-electron chi connectivity index (χ4n) is 2.16. The average Bonchev–Trinajstić information content (AvgIpc) is 2.72. The largest absolute Gasteiger partial charge is 0.514 e. The van der Waals surface area contributed by atoms with Crippen LogP contribution in [-0.4, -0.2) is 35.1 Å². The number of amides is 1. The number of carbonyl (C=O) groups excluding carboxylic acids is 2. The summed E-state index contributed by atoms with van der Waals surface area (Å²) in [7, 11) is 3.16. The maximum absolute atomic E-state index is 11.8. The predicted octanol–water partition coefficient (Wildman–Crippen LogP) is 5.58. The van der Waals surface area contributed by atoms with Crippen molar-refractivity contribution >= 4 is 39.5 Å². The van der Waals surface area contributed by atoms with E-state index in [1.54, 1.807) is 21.6 Å². The molecule has 0 spiro atoms. The molecule has 172 valence electrons. The molecule has 0 bridgehead atoms. The van der Waals surface area contributed by atoms with E-state index in [-0.39, 0.29) is 18.0 Å². The molecule has 0 aliphatic heterocycles. The first-order valence-corrected chi connectivity index (χ1v) is 11.9. The Morgan fingerprint density at radius 3 is 2.31 bits per heavy atom. The quantitative estimate of drug-likeness (QED) is 0.123. The molecule has 0 radical (unpaired) electrons. The number of rotatable bonds is 9. The van der Waals surface area contributed by atoms with E-state index in [1.807, 2.05) is 45.0 Å². The number of hydrogen-bond acceptors (Lipinski definition) is 9. The summed E-state index contributed by atoms with van der Waals surface area (Å²) in [6.45, 7) is 5.97. The Balaban J connectivity index is 1.65. The summed E-state index contributed by atoms with van der Waals surface area (Å²) < 4.78 is 15.2. The molecule has 32 heavy (non-hydrogen) atoms. The zero-order valence-corrected chi connectivity index (χ0v) is 19.5. The van der Waals surface area contributed by atoms with E-state index in [0.717, 1.165) is 10.5 Å². The molecule has 0 heterocycles. The van der Waals surface area contributed by atoms with Crippen molar-refractivity contribution in [2.45, 2.75) is 37.9 Å². The van der Waals surface area contributed by atoms with Crippen molar-refractivity contribution in [3.63, 3.8) is 0 Å². The van der Waals surface area contributed by atoms with Crippen molar-refractivity contribution in [3.8, 4) is 5.75 Å². The maximum Gasteiger partial charge on any atom is 0.514 e. The van der Waals surface area contributed by atoms with Gasteiger partial charge in [-0.25, -0.2) is 9.59 Å². The summed E-state index contributed by atoms with van der Waals surface area (Å²) in [5.74, 6) is 0.869. The van der Waals surface area contributed by atoms with Crippen LogP contribution in [0.25, 0.3) is 0 Å². The lowest BCUT2D eigenvalue weighted by atomic mass is 10.2. The minimum atomic E-state index is -0.898. The van der Waals surface area contributed by atoms with Crippen LogP contribution in [0.2, 0.25) is 0 Å². The van der Waals surface area contributed by atoms with Crippen LogP contribution in [0.15, 0.2) is 53.4 Å². The Hall–Kier alpha value is -2.92. The highest BCUT2D eigenvalue weighted by molar-refractivity contribution is 8.76. The van der Waals surface area contributed by atoms with E-state index in [1.165, 1.54) is 24.3 Å². The van der Waals surface area contributed by atoms with Crippen molar-refractivity contribution < 1.29 is 28.7 Å². The number of nitro groups is 1. The molecule has 0 aliphatic rings. The van der Waals surface area contributed by atoms with Gasteiger partial charge in [0.15, 0.2) is 0 Å². The van der Waals surface area contributed by atoms with Gasteiger partial charge >= 0.3 is 12.2 Å². The van der Waals surface area contributed by atoms with Crippen LogP contribution in [0, 0.1) is 10.1 Å². The van der Waals surface area contributed by atoms with E-state index in [0.29, 0.717) is 12.3 Å². The molecule has 0 saturated carbocycles. The Morgan fingerprint density at radius 2 is 1.72 bits per heavy atom. The summed E-state index contributed by atoms with van der Waals surface area (Å²) in [6, 6.07) is 12.6. The standard InChI is InChI=1S/C21H24N2O7S2/c1-21(2,3)30-19(24)22-12-13-31-32-18-10-4-15(5-11-18)14-28-20(25)29-17-8-6-16(7-9-17)23(26)27/h4-11H,12-14H2,1-3H3,(H,22,24). The number of alkyl carbamates (subject to hydrolysis) is 1. The Labute approximate surface area is 193 Å². The number of nitrogens with one attached hydrogen (secondary N) is 1. The molecule has 9 nitrogen and oxygen atoms in total. The molecule has 0 unspecified atom stereocenters. The van der Waals surface area contributed by atoms with Crippen molar-refractivity contribution in [3.05, 3.63) is 64.2 Å². The lowest BCUT2D eigenvalue weighted by molar-refractivity contribution is -0.384. The predicted molar refractivity (Wildman–Crippen MR) is 123 cm³/mol. The van der Waals surface area contributed by atoms with Crippen LogP contribution in [0.4, 0.5) is 15.3 Å². The summed E-state index contributed by atoms with van der Waals surface area (Å²) in [5, 5.41) is 13.3. The van der Waals surface area contributed by atoms with Gasteiger partial charge in [-0.2, -0.15) is 0 Å². The van der Waals surface area contributed by atoms with E-state index < -0.39 is 22.8 Å². The Morgan fingerprint density at radius 1 is 1.06 bits per heavy atom. The normalized spacial score (nSPS) is 10.8. The fraction of sp³-hybridized carbons (Fsp3) is 0.333. The molecule has 2 aromatic rings. The van der Waals surface area contributed by atoms with E-state index in [2.05, 4.69) is 5.32 Å². The molecule has 2 aromatic carbocycles. The van der Waals surface area contributed by atoms with Gasteiger partial charge in [-0.15, -0.1) is 0 Å². The molecular formula is C21H24N2O7S2. The number of ether oxygens (including phenoxy) is 3. The van der Waals surface area contributed by atoms with Crippen molar-refractivity contribution in [2.24, 2.45) is 0 Å². The summed E-state index contributed by atoms with van der Waals surface area (Å²) >= 11 is 0. The molecule has 0 aliphatic carbocycles.